The third-order valence-electron chi connectivity index (χ3n) is 3.61. The molecule has 7 heteroatoms. The smallest absolute Gasteiger partial charge is 0.255 e. The molecule has 1 amide bonds. The average Bonchev–Trinajstić information content (AvgIpc) is 3.27. The standard InChI is InChI=1S/C18H18N2O3S2/c1-11-20-15(10-24-11)17-7-5-13(25-17)9-19-18(21)14-8-12(22-2)4-6-16(14)23-3/h4-8,10H,9H2,1-3H3,(H,19,21). The van der Waals surface area contributed by atoms with E-state index in [0.717, 1.165) is 20.5 Å². The summed E-state index contributed by atoms with van der Waals surface area (Å²) >= 11 is 3.26. The minimum Gasteiger partial charge on any atom is -0.497 e. The molecule has 0 saturated carbocycles. The first-order chi connectivity index (χ1) is 12.1. The lowest BCUT2D eigenvalue weighted by atomic mass is 10.1. The molecule has 0 spiro atoms. The highest BCUT2D eigenvalue weighted by Crippen LogP contribution is 2.29. The molecule has 25 heavy (non-hydrogen) atoms. The van der Waals surface area contributed by atoms with Crippen LogP contribution in [0.5, 0.6) is 11.5 Å². The molecule has 1 N–H and O–H groups in total. The number of methoxy groups -OCH3 is 2. The van der Waals surface area contributed by atoms with Crippen LogP contribution in [0.25, 0.3) is 10.6 Å². The Kier molecular flexibility index (Phi) is 5.35. The molecule has 130 valence electrons. The summed E-state index contributed by atoms with van der Waals surface area (Å²) in [6.07, 6.45) is 0. The fourth-order valence-electron chi connectivity index (χ4n) is 2.34. The van der Waals surface area contributed by atoms with Gasteiger partial charge in [-0.2, -0.15) is 0 Å². The van der Waals surface area contributed by atoms with Gasteiger partial charge in [-0.3, -0.25) is 4.79 Å². The van der Waals surface area contributed by atoms with E-state index in [-0.39, 0.29) is 5.91 Å². The second-order valence-electron chi connectivity index (χ2n) is 5.27. The van der Waals surface area contributed by atoms with Crippen LogP contribution in [0.2, 0.25) is 0 Å². The van der Waals surface area contributed by atoms with E-state index in [1.807, 2.05) is 24.4 Å². The van der Waals surface area contributed by atoms with Crippen LogP contribution in [-0.4, -0.2) is 25.1 Å². The van der Waals surface area contributed by atoms with Crippen LogP contribution >= 0.6 is 22.7 Å². The highest BCUT2D eigenvalue weighted by Gasteiger charge is 2.14. The molecule has 0 saturated heterocycles. The van der Waals surface area contributed by atoms with Crippen LogP contribution in [0.15, 0.2) is 35.7 Å². The van der Waals surface area contributed by atoms with Crippen molar-refractivity contribution in [2.75, 3.05) is 14.2 Å². The zero-order valence-corrected chi connectivity index (χ0v) is 15.8. The van der Waals surface area contributed by atoms with Gasteiger partial charge in [0.1, 0.15) is 11.5 Å². The molecular weight excluding hydrogens is 356 g/mol. The first kappa shape index (κ1) is 17.4. The number of benzene rings is 1. The Morgan fingerprint density at radius 1 is 1.20 bits per heavy atom. The van der Waals surface area contributed by atoms with Crippen molar-refractivity contribution in [2.24, 2.45) is 0 Å². The normalized spacial score (nSPS) is 10.5. The molecule has 0 aliphatic rings. The number of ether oxygens (including phenoxy) is 2. The van der Waals surface area contributed by atoms with Crippen LogP contribution in [0.1, 0.15) is 20.2 Å². The highest BCUT2D eigenvalue weighted by atomic mass is 32.1. The Morgan fingerprint density at radius 3 is 2.72 bits per heavy atom. The summed E-state index contributed by atoms with van der Waals surface area (Å²) < 4.78 is 10.4. The van der Waals surface area contributed by atoms with Crippen LogP contribution in [0.3, 0.4) is 0 Å². The lowest BCUT2D eigenvalue weighted by molar-refractivity contribution is 0.0948. The van der Waals surface area contributed by atoms with E-state index in [1.165, 1.54) is 0 Å². The summed E-state index contributed by atoms with van der Waals surface area (Å²) in [5.41, 5.74) is 1.44. The van der Waals surface area contributed by atoms with Gasteiger partial charge in [-0.25, -0.2) is 4.98 Å². The van der Waals surface area contributed by atoms with Crippen molar-refractivity contribution in [2.45, 2.75) is 13.5 Å². The molecule has 0 unspecified atom stereocenters. The first-order valence-corrected chi connectivity index (χ1v) is 9.31. The number of carbonyl (C=O) groups is 1. The Bertz CT molecular complexity index is 886. The minimum atomic E-state index is -0.199. The minimum absolute atomic E-state index is 0.199. The quantitative estimate of drug-likeness (QED) is 0.705. The maximum absolute atomic E-state index is 12.5. The van der Waals surface area contributed by atoms with Gasteiger partial charge >= 0.3 is 0 Å². The van der Waals surface area contributed by atoms with Crippen molar-refractivity contribution in [3.63, 3.8) is 0 Å². The average molecular weight is 374 g/mol. The summed E-state index contributed by atoms with van der Waals surface area (Å²) in [7, 11) is 3.11. The lowest BCUT2D eigenvalue weighted by Crippen LogP contribution is -2.22. The van der Waals surface area contributed by atoms with Crippen LogP contribution in [-0.2, 0) is 6.54 Å². The number of carbonyl (C=O) groups excluding carboxylic acids is 1. The van der Waals surface area contributed by atoms with E-state index < -0.39 is 0 Å². The largest absolute Gasteiger partial charge is 0.497 e. The fraction of sp³-hybridized carbons (Fsp3) is 0.222. The summed E-state index contributed by atoms with van der Waals surface area (Å²) in [5.74, 6) is 0.932. The zero-order valence-electron chi connectivity index (χ0n) is 14.2. The number of amides is 1. The van der Waals surface area contributed by atoms with Gasteiger partial charge in [0.2, 0.25) is 0 Å². The number of thiophene rings is 1. The van der Waals surface area contributed by atoms with E-state index in [9.17, 15) is 4.79 Å². The molecule has 0 atom stereocenters. The van der Waals surface area contributed by atoms with Crippen LogP contribution in [0.4, 0.5) is 0 Å². The van der Waals surface area contributed by atoms with E-state index in [0.29, 0.717) is 23.6 Å². The van der Waals surface area contributed by atoms with E-state index in [2.05, 4.69) is 10.3 Å². The maximum atomic E-state index is 12.5. The predicted molar refractivity (Wildman–Crippen MR) is 101 cm³/mol. The fourth-order valence-corrected chi connectivity index (χ4v) is 3.94. The number of nitrogens with one attached hydrogen (secondary N) is 1. The highest BCUT2D eigenvalue weighted by molar-refractivity contribution is 7.16. The Hall–Kier alpha value is -2.38. The SMILES string of the molecule is COc1ccc(OC)c(C(=O)NCc2ccc(-c3csc(C)n3)s2)c1. The Morgan fingerprint density at radius 2 is 2.04 bits per heavy atom. The molecule has 5 nitrogen and oxygen atoms in total. The summed E-state index contributed by atoms with van der Waals surface area (Å²) in [4.78, 5) is 19.2. The Labute approximate surface area is 154 Å². The number of nitrogens with zero attached hydrogens (tertiary/aromatic N) is 1. The van der Waals surface area contributed by atoms with Gasteiger partial charge in [0, 0.05) is 10.3 Å². The van der Waals surface area contributed by atoms with Gasteiger partial charge in [-0.05, 0) is 37.3 Å². The zero-order chi connectivity index (χ0) is 17.8. The molecule has 1 aromatic carbocycles. The van der Waals surface area contributed by atoms with Crippen molar-refractivity contribution in [1.29, 1.82) is 0 Å². The third kappa shape index (κ3) is 4.00. The number of rotatable bonds is 6. The third-order valence-corrected chi connectivity index (χ3v) is 5.49. The number of hydrogen-bond acceptors (Lipinski definition) is 6. The molecule has 2 heterocycles. The van der Waals surface area contributed by atoms with Crippen molar-refractivity contribution in [3.05, 3.63) is 51.2 Å². The molecule has 3 aromatic rings. The van der Waals surface area contributed by atoms with Crippen LogP contribution in [0, 0.1) is 6.92 Å². The van der Waals surface area contributed by atoms with E-state index in [1.54, 1.807) is 55.1 Å². The van der Waals surface area contributed by atoms with Crippen molar-refractivity contribution in [3.8, 4) is 22.1 Å². The number of aryl methyl sites for hydroxylation is 1. The predicted octanol–water partition coefficient (Wildman–Crippen LogP) is 4.13. The molecule has 2 aromatic heterocycles. The number of thiazole rings is 1. The van der Waals surface area contributed by atoms with Gasteiger partial charge in [0.15, 0.2) is 0 Å². The van der Waals surface area contributed by atoms with E-state index >= 15 is 0 Å². The molecule has 3 rings (SSSR count). The first-order valence-electron chi connectivity index (χ1n) is 7.62. The second-order valence-corrected chi connectivity index (χ2v) is 7.50. The second kappa shape index (κ2) is 7.67. The Balaban J connectivity index is 1.70. The monoisotopic (exact) mass is 374 g/mol. The molecular formula is C18H18N2O3S2. The summed E-state index contributed by atoms with van der Waals surface area (Å²) in [5, 5.41) is 6.02. The molecule has 0 fully saturated rings. The van der Waals surface area contributed by atoms with Crippen molar-refractivity contribution in [1.82, 2.24) is 10.3 Å². The summed E-state index contributed by atoms with van der Waals surface area (Å²) in [6.45, 7) is 2.44. The molecule has 0 aliphatic heterocycles. The summed E-state index contributed by atoms with van der Waals surface area (Å²) in [6, 6.07) is 9.20. The van der Waals surface area contributed by atoms with Gasteiger partial charge in [-0.1, -0.05) is 0 Å². The lowest BCUT2D eigenvalue weighted by Gasteiger charge is -2.10. The topological polar surface area (TPSA) is 60.5 Å². The van der Waals surface area contributed by atoms with Crippen molar-refractivity contribution < 1.29 is 14.3 Å². The number of aromatic nitrogens is 1. The van der Waals surface area contributed by atoms with Gasteiger partial charge in [0.05, 0.1) is 41.9 Å². The van der Waals surface area contributed by atoms with Crippen LogP contribution < -0.4 is 14.8 Å². The van der Waals surface area contributed by atoms with E-state index in [4.69, 9.17) is 9.47 Å². The van der Waals surface area contributed by atoms with Crippen molar-refractivity contribution >= 4 is 28.6 Å². The maximum Gasteiger partial charge on any atom is 0.255 e. The molecule has 0 radical (unpaired) electrons. The van der Waals surface area contributed by atoms with Gasteiger partial charge < -0.3 is 14.8 Å². The number of hydrogen-bond donors (Lipinski definition) is 1. The van der Waals surface area contributed by atoms with Gasteiger partial charge in [0.25, 0.3) is 5.91 Å². The van der Waals surface area contributed by atoms with Gasteiger partial charge in [-0.15, -0.1) is 22.7 Å². The molecule has 0 aliphatic carbocycles. The molecule has 0 bridgehead atoms.